The molecule has 1 heterocycles. The zero-order chi connectivity index (χ0) is 27.2. The molecule has 0 aliphatic rings. The van der Waals surface area contributed by atoms with Crippen molar-refractivity contribution in [2.24, 2.45) is 0 Å². The number of aliphatic carboxylic acids is 1. The molecule has 0 atom stereocenters. The van der Waals surface area contributed by atoms with Gasteiger partial charge in [-0.2, -0.15) is 4.98 Å². The Hall–Kier alpha value is -4.85. The molecule has 0 fully saturated rings. The Balaban J connectivity index is 1.43. The van der Waals surface area contributed by atoms with E-state index in [2.05, 4.69) is 4.98 Å². The van der Waals surface area contributed by atoms with Crippen molar-refractivity contribution in [2.45, 2.75) is 19.4 Å². The number of benzene rings is 4. The fourth-order valence-corrected chi connectivity index (χ4v) is 4.04. The van der Waals surface area contributed by atoms with Gasteiger partial charge in [-0.15, -0.1) is 0 Å². The van der Waals surface area contributed by atoms with Gasteiger partial charge in [-0.25, -0.2) is 13.8 Å². The van der Waals surface area contributed by atoms with Crippen LogP contribution in [0.1, 0.15) is 18.4 Å². The number of ether oxygens (including phenoxy) is 2. The summed E-state index contributed by atoms with van der Waals surface area (Å²) in [5.74, 6) is -0.840. The van der Waals surface area contributed by atoms with E-state index in [0.717, 1.165) is 28.0 Å². The number of carboxylic acids is 1. The van der Waals surface area contributed by atoms with Crippen molar-refractivity contribution < 1.29 is 28.2 Å². The third kappa shape index (κ3) is 6.54. The second kappa shape index (κ2) is 11.7. The lowest BCUT2D eigenvalue weighted by Gasteiger charge is -2.12. The van der Waals surface area contributed by atoms with Gasteiger partial charge in [-0.1, -0.05) is 48.5 Å². The topological polar surface area (TPSA) is 81.5 Å². The fraction of sp³-hybridized carbons (Fsp3) is 0.129. The van der Waals surface area contributed by atoms with Crippen LogP contribution in [-0.2, 0) is 11.4 Å². The lowest BCUT2D eigenvalue weighted by atomic mass is 10.1. The van der Waals surface area contributed by atoms with E-state index >= 15 is 0 Å². The van der Waals surface area contributed by atoms with E-state index < -0.39 is 17.6 Å². The number of carbonyl (C=O) groups is 1. The Morgan fingerprint density at radius 3 is 2.38 bits per heavy atom. The Morgan fingerprint density at radius 2 is 1.59 bits per heavy atom. The monoisotopic (exact) mass is 526 g/mol. The lowest BCUT2D eigenvalue weighted by Crippen LogP contribution is -2.03. The second-order valence-corrected chi connectivity index (χ2v) is 8.87. The molecule has 0 aliphatic heterocycles. The maximum absolute atomic E-state index is 14.2. The highest BCUT2D eigenvalue weighted by Crippen LogP contribution is 2.29. The van der Waals surface area contributed by atoms with Crippen LogP contribution in [0.2, 0.25) is 0 Å². The van der Waals surface area contributed by atoms with Crippen molar-refractivity contribution in [1.82, 2.24) is 9.97 Å². The summed E-state index contributed by atoms with van der Waals surface area (Å²) in [6.45, 7) is 0.199. The zero-order valence-corrected chi connectivity index (χ0v) is 20.8. The number of rotatable bonds is 10. The smallest absolute Gasteiger partial charge is 0.303 e. The number of nitrogens with zero attached hydrogens (tertiary/aromatic N) is 2. The molecule has 0 saturated carbocycles. The highest BCUT2D eigenvalue weighted by Gasteiger charge is 2.12. The van der Waals surface area contributed by atoms with Crippen LogP contribution in [0.3, 0.4) is 0 Å². The Bertz CT molecular complexity index is 1630. The van der Waals surface area contributed by atoms with Crippen molar-refractivity contribution >= 4 is 16.7 Å². The molecule has 0 spiro atoms. The molecule has 1 N–H and O–H groups in total. The van der Waals surface area contributed by atoms with Gasteiger partial charge >= 0.3 is 5.97 Å². The minimum absolute atomic E-state index is 0.0591. The van der Waals surface area contributed by atoms with Gasteiger partial charge in [0.2, 0.25) is 5.88 Å². The van der Waals surface area contributed by atoms with E-state index in [1.807, 2.05) is 66.7 Å². The summed E-state index contributed by atoms with van der Waals surface area (Å²) in [7, 11) is 0. The highest BCUT2D eigenvalue weighted by molar-refractivity contribution is 5.87. The molecule has 8 heteroatoms. The Labute approximate surface area is 223 Å². The summed E-state index contributed by atoms with van der Waals surface area (Å²) in [5, 5.41) is 10.7. The van der Waals surface area contributed by atoms with Gasteiger partial charge in [-0.3, -0.25) is 4.79 Å². The van der Waals surface area contributed by atoms with E-state index in [9.17, 15) is 13.6 Å². The minimum Gasteiger partial charge on any atom is -0.494 e. The number of halogens is 2. The first-order chi connectivity index (χ1) is 18.9. The maximum Gasteiger partial charge on any atom is 0.303 e. The van der Waals surface area contributed by atoms with Crippen LogP contribution in [0.4, 0.5) is 8.78 Å². The Morgan fingerprint density at radius 1 is 0.795 bits per heavy atom. The van der Waals surface area contributed by atoms with Crippen LogP contribution in [0, 0.1) is 11.6 Å². The van der Waals surface area contributed by atoms with Crippen molar-refractivity contribution in [3.8, 4) is 34.3 Å². The van der Waals surface area contributed by atoms with Gasteiger partial charge in [0.15, 0.2) is 5.82 Å². The van der Waals surface area contributed by atoms with Crippen LogP contribution >= 0.6 is 0 Å². The molecule has 5 aromatic rings. The average molecular weight is 527 g/mol. The van der Waals surface area contributed by atoms with Gasteiger partial charge in [0.1, 0.15) is 24.0 Å². The first-order valence-corrected chi connectivity index (χ1v) is 12.3. The summed E-state index contributed by atoms with van der Waals surface area (Å²) >= 11 is 0. The van der Waals surface area contributed by atoms with Gasteiger partial charge in [0.25, 0.3) is 0 Å². The normalized spacial score (nSPS) is 10.9. The molecule has 6 nitrogen and oxygen atoms in total. The van der Waals surface area contributed by atoms with Gasteiger partial charge < -0.3 is 14.6 Å². The van der Waals surface area contributed by atoms with E-state index in [0.29, 0.717) is 30.3 Å². The van der Waals surface area contributed by atoms with Crippen LogP contribution < -0.4 is 9.47 Å². The molecule has 1 aromatic heterocycles. The Kier molecular flexibility index (Phi) is 7.73. The van der Waals surface area contributed by atoms with Crippen LogP contribution in [0.15, 0.2) is 91.0 Å². The van der Waals surface area contributed by atoms with Gasteiger partial charge in [-0.05, 0) is 47.5 Å². The predicted molar refractivity (Wildman–Crippen MR) is 143 cm³/mol. The molecule has 0 saturated heterocycles. The quantitative estimate of drug-likeness (QED) is 0.196. The molecule has 39 heavy (non-hydrogen) atoms. The molecular formula is C31H24F2N2O4. The number of hydrogen-bond acceptors (Lipinski definition) is 5. The minimum atomic E-state index is -0.848. The predicted octanol–water partition coefficient (Wildman–Crippen LogP) is 7.06. The van der Waals surface area contributed by atoms with Gasteiger partial charge in [0.05, 0.1) is 12.3 Å². The van der Waals surface area contributed by atoms with E-state index in [1.165, 1.54) is 12.1 Å². The van der Waals surface area contributed by atoms with Gasteiger partial charge in [0, 0.05) is 35.2 Å². The third-order valence-corrected chi connectivity index (χ3v) is 6.04. The molecule has 196 valence electrons. The maximum atomic E-state index is 14.2. The van der Waals surface area contributed by atoms with Crippen molar-refractivity contribution in [3.63, 3.8) is 0 Å². The van der Waals surface area contributed by atoms with Crippen molar-refractivity contribution in [2.75, 3.05) is 6.61 Å². The molecule has 0 unspecified atom stereocenters. The number of aromatic nitrogens is 2. The van der Waals surface area contributed by atoms with Crippen LogP contribution in [-0.4, -0.2) is 27.7 Å². The standard InChI is InChI=1S/C31H24F2N2O4/c32-25-12-10-24(27(33)17-25)19-39-29-18-28(20-5-2-1-3-6-20)34-31(35-29)23-9-8-22-16-26(13-11-21(22)15-23)38-14-4-7-30(36)37/h1-3,5-6,8-13,15-18H,4,7,14,19H2,(H,36,37). The third-order valence-electron chi connectivity index (χ3n) is 6.04. The first kappa shape index (κ1) is 25.8. The molecular weight excluding hydrogens is 502 g/mol. The lowest BCUT2D eigenvalue weighted by molar-refractivity contribution is -0.137. The molecule has 0 amide bonds. The number of fused-ring (bicyclic) bond motifs is 1. The van der Waals surface area contributed by atoms with Crippen molar-refractivity contribution in [3.05, 3.63) is 108 Å². The second-order valence-electron chi connectivity index (χ2n) is 8.87. The summed E-state index contributed by atoms with van der Waals surface area (Å²) in [6, 6.07) is 26.0. The SMILES string of the molecule is O=C(O)CCCOc1ccc2cc(-c3nc(OCc4ccc(F)cc4F)cc(-c4ccccc4)n3)ccc2c1. The summed E-state index contributed by atoms with van der Waals surface area (Å²) in [6.07, 6.45) is 0.489. The van der Waals surface area contributed by atoms with Crippen LogP contribution in [0.5, 0.6) is 11.6 Å². The first-order valence-electron chi connectivity index (χ1n) is 12.3. The molecule has 5 rings (SSSR count). The molecule has 0 bridgehead atoms. The van der Waals surface area contributed by atoms with Crippen molar-refractivity contribution in [1.29, 1.82) is 0 Å². The highest BCUT2D eigenvalue weighted by atomic mass is 19.1. The van der Waals surface area contributed by atoms with Crippen LogP contribution in [0.25, 0.3) is 33.4 Å². The average Bonchev–Trinajstić information content (AvgIpc) is 2.95. The largest absolute Gasteiger partial charge is 0.494 e. The van der Waals surface area contributed by atoms with E-state index in [1.54, 1.807) is 6.07 Å². The summed E-state index contributed by atoms with van der Waals surface area (Å²) in [5.41, 5.74) is 2.47. The zero-order valence-electron chi connectivity index (χ0n) is 20.8. The molecule has 0 aliphatic carbocycles. The molecule has 4 aromatic carbocycles. The summed E-state index contributed by atoms with van der Waals surface area (Å²) < 4.78 is 39.0. The summed E-state index contributed by atoms with van der Waals surface area (Å²) in [4.78, 5) is 20.0. The fourth-order valence-electron chi connectivity index (χ4n) is 4.04. The van der Waals surface area contributed by atoms with E-state index in [4.69, 9.17) is 19.6 Å². The molecule has 0 radical (unpaired) electrons. The number of carboxylic acid groups (broad SMARTS) is 1. The van der Waals surface area contributed by atoms with E-state index in [-0.39, 0.29) is 24.5 Å². The number of hydrogen-bond donors (Lipinski definition) is 1.